The normalized spacial score (nSPS) is 28.8. The number of nitrogens with one attached hydrogen (secondary N) is 1. The summed E-state index contributed by atoms with van der Waals surface area (Å²) in [5.74, 6) is 0.439. The SMILES string of the molecule is C=P(C)(C)CC[C@H]1O[C@@H](n2ccc(NC)nc2=O)[C@H](O)[C@@H]1O. The van der Waals surface area contributed by atoms with E-state index in [4.69, 9.17) is 4.74 Å². The van der Waals surface area contributed by atoms with Gasteiger partial charge in [0.1, 0.15) is 18.0 Å². The zero-order valence-corrected chi connectivity index (χ0v) is 14.0. The van der Waals surface area contributed by atoms with Crippen molar-refractivity contribution >= 4 is 19.0 Å². The summed E-state index contributed by atoms with van der Waals surface area (Å²) in [4.78, 5) is 15.8. The number of anilines is 1. The van der Waals surface area contributed by atoms with Gasteiger partial charge in [0.05, 0.1) is 6.10 Å². The summed E-state index contributed by atoms with van der Waals surface area (Å²) < 4.78 is 6.92. The Morgan fingerprint density at radius 3 is 2.68 bits per heavy atom. The second-order valence-electron chi connectivity index (χ2n) is 6.25. The van der Waals surface area contributed by atoms with E-state index in [1.54, 1.807) is 13.1 Å². The van der Waals surface area contributed by atoms with Crippen LogP contribution in [0.4, 0.5) is 5.82 Å². The van der Waals surface area contributed by atoms with E-state index in [-0.39, 0.29) is 0 Å². The lowest BCUT2D eigenvalue weighted by Gasteiger charge is -2.18. The first-order valence-corrected chi connectivity index (χ1v) is 10.2. The molecule has 1 fully saturated rings. The lowest BCUT2D eigenvalue weighted by atomic mass is 10.1. The number of aromatic nitrogens is 2. The van der Waals surface area contributed by atoms with Crippen molar-refractivity contribution in [1.82, 2.24) is 9.55 Å². The average molecular weight is 329 g/mol. The van der Waals surface area contributed by atoms with Crippen LogP contribution < -0.4 is 11.0 Å². The highest BCUT2D eigenvalue weighted by Gasteiger charge is 2.43. The van der Waals surface area contributed by atoms with Crippen LogP contribution in [-0.2, 0) is 4.74 Å². The Morgan fingerprint density at radius 2 is 2.14 bits per heavy atom. The monoisotopic (exact) mass is 329 g/mol. The highest BCUT2D eigenvalue weighted by atomic mass is 31.2. The summed E-state index contributed by atoms with van der Waals surface area (Å²) in [5, 5.41) is 23.1. The van der Waals surface area contributed by atoms with Gasteiger partial charge in [-0.25, -0.2) is 4.79 Å². The molecule has 0 aliphatic carbocycles. The van der Waals surface area contributed by atoms with Crippen LogP contribution in [0.5, 0.6) is 0 Å². The predicted octanol–water partition coefficient (Wildman–Crippen LogP) is 0.00350. The highest BCUT2D eigenvalue weighted by Crippen LogP contribution is 2.39. The first kappa shape index (κ1) is 17.2. The van der Waals surface area contributed by atoms with Crippen molar-refractivity contribution in [1.29, 1.82) is 0 Å². The molecule has 1 aliphatic rings. The fourth-order valence-corrected chi connectivity index (χ4v) is 3.37. The number of ether oxygens (including phenoxy) is 1. The second kappa shape index (κ2) is 6.54. The Bertz CT molecular complexity index is 627. The summed E-state index contributed by atoms with van der Waals surface area (Å²) in [6.07, 6.45) is 3.48. The van der Waals surface area contributed by atoms with Crippen LogP contribution in [-0.4, -0.2) is 70.9 Å². The molecule has 0 aromatic carbocycles. The van der Waals surface area contributed by atoms with Gasteiger partial charge in [0.2, 0.25) is 0 Å². The van der Waals surface area contributed by atoms with Crippen LogP contribution in [0.1, 0.15) is 12.6 Å². The number of rotatable bonds is 5. The van der Waals surface area contributed by atoms with E-state index in [2.05, 4.69) is 29.9 Å². The third kappa shape index (κ3) is 3.79. The summed E-state index contributed by atoms with van der Waals surface area (Å²) in [7, 11) is 1.66. The van der Waals surface area contributed by atoms with Crippen molar-refractivity contribution in [2.24, 2.45) is 0 Å². The number of nitrogens with zero attached hydrogens (tertiary/aromatic N) is 2. The molecule has 1 aromatic rings. The van der Waals surface area contributed by atoms with Crippen LogP contribution in [0.25, 0.3) is 0 Å². The maximum atomic E-state index is 12.0. The zero-order chi connectivity index (χ0) is 16.5. The van der Waals surface area contributed by atoms with E-state index in [0.717, 1.165) is 6.16 Å². The average Bonchev–Trinajstić information content (AvgIpc) is 2.72. The van der Waals surface area contributed by atoms with E-state index >= 15 is 0 Å². The molecule has 8 heteroatoms. The van der Waals surface area contributed by atoms with Crippen LogP contribution in [0.3, 0.4) is 0 Å². The summed E-state index contributed by atoms with van der Waals surface area (Å²) in [5.41, 5.74) is -0.534. The first-order chi connectivity index (χ1) is 10.2. The molecule has 124 valence electrons. The summed E-state index contributed by atoms with van der Waals surface area (Å²) >= 11 is 0. The molecule has 2 heterocycles. The van der Waals surface area contributed by atoms with Crippen molar-refractivity contribution in [2.75, 3.05) is 31.9 Å². The predicted molar refractivity (Wildman–Crippen MR) is 89.3 cm³/mol. The highest BCUT2D eigenvalue weighted by molar-refractivity contribution is 7.72. The van der Waals surface area contributed by atoms with Crippen LogP contribution >= 0.6 is 6.89 Å². The van der Waals surface area contributed by atoms with Gasteiger partial charge in [0, 0.05) is 13.2 Å². The fraction of sp³-hybridized carbons (Fsp3) is 0.643. The van der Waals surface area contributed by atoms with Crippen molar-refractivity contribution in [3.05, 3.63) is 22.7 Å². The molecule has 4 atom stereocenters. The molecular formula is C14H24N3O4P. The van der Waals surface area contributed by atoms with Gasteiger partial charge in [-0.1, -0.05) is 0 Å². The van der Waals surface area contributed by atoms with Gasteiger partial charge >= 0.3 is 5.69 Å². The minimum absolute atomic E-state index is 0.439. The Hall–Kier alpha value is -1.14. The van der Waals surface area contributed by atoms with Crippen LogP contribution in [0.15, 0.2) is 17.1 Å². The number of aliphatic hydroxyl groups excluding tert-OH is 2. The molecule has 7 nitrogen and oxygen atoms in total. The third-order valence-electron chi connectivity index (χ3n) is 3.72. The van der Waals surface area contributed by atoms with Gasteiger partial charge < -0.3 is 20.3 Å². The molecule has 0 radical (unpaired) electrons. The number of aliphatic hydroxyl groups is 2. The number of hydrogen-bond donors (Lipinski definition) is 3. The molecule has 0 bridgehead atoms. The summed E-state index contributed by atoms with van der Waals surface area (Å²) in [6, 6.07) is 1.61. The fourth-order valence-electron chi connectivity index (χ4n) is 2.42. The zero-order valence-electron chi connectivity index (χ0n) is 13.1. The molecule has 22 heavy (non-hydrogen) atoms. The van der Waals surface area contributed by atoms with Crippen LogP contribution in [0, 0.1) is 0 Å². The van der Waals surface area contributed by atoms with Gasteiger partial charge in [-0.2, -0.15) is 4.98 Å². The van der Waals surface area contributed by atoms with Crippen molar-refractivity contribution in [2.45, 2.75) is 31.0 Å². The third-order valence-corrected chi connectivity index (χ3v) is 5.19. The lowest BCUT2D eigenvalue weighted by Crippen LogP contribution is -2.35. The Labute approximate surface area is 129 Å². The molecule has 0 amide bonds. The molecule has 0 spiro atoms. The minimum atomic E-state index is -1.24. The van der Waals surface area contributed by atoms with Crippen molar-refractivity contribution < 1.29 is 14.9 Å². The van der Waals surface area contributed by atoms with Crippen molar-refractivity contribution in [3.63, 3.8) is 0 Å². The second-order valence-corrected chi connectivity index (χ2v) is 10.6. The van der Waals surface area contributed by atoms with Gasteiger partial charge in [-0.3, -0.25) is 4.57 Å². The van der Waals surface area contributed by atoms with E-state index in [1.165, 1.54) is 10.8 Å². The Balaban J connectivity index is 2.16. The molecule has 3 N–H and O–H groups in total. The standard InChI is InChI=1S/C14H24N3O4P/c1-15-10-5-7-17(14(20)16-10)13-12(19)11(18)9(21-13)6-8-22(2,3)4/h5,7,9,11-13,18-19H,2,6,8H2,1,3-4H3,(H,15,16,20)/t9-,11-,12-,13-/m1/s1. The molecule has 0 saturated carbocycles. The van der Waals surface area contributed by atoms with E-state index in [1.807, 2.05) is 0 Å². The van der Waals surface area contributed by atoms with E-state index in [0.29, 0.717) is 12.2 Å². The van der Waals surface area contributed by atoms with Crippen molar-refractivity contribution in [3.8, 4) is 0 Å². The first-order valence-electron chi connectivity index (χ1n) is 7.19. The minimum Gasteiger partial charge on any atom is -0.388 e. The maximum absolute atomic E-state index is 12.0. The lowest BCUT2D eigenvalue weighted by molar-refractivity contribution is -0.0401. The van der Waals surface area contributed by atoms with Gasteiger partial charge in [0.25, 0.3) is 0 Å². The van der Waals surface area contributed by atoms with E-state index in [9.17, 15) is 15.0 Å². The molecule has 1 aromatic heterocycles. The molecule has 1 aliphatic heterocycles. The van der Waals surface area contributed by atoms with Gasteiger partial charge in [-0.05, 0) is 32.0 Å². The topological polar surface area (TPSA) is 96.6 Å². The molecular weight excluding hydrogens is 305 g/mol. The van der Waals surface area contributed by atoms with Crippen LogP contribution in [0.2, 0.25) is 0 Å². The summed E-state index contributed by atoms with van der Waals surface area (Å²) in [6.45, 7) is 2.97. The Kier molecular flexibility index (Phi) is 5.12. The largest absolute Gasteiger partial charge is 0.388 e. The van der Waals surface area contributed by atoms with E-state index < -0.39 is 37.1 Å². The van der Waals surface area contributed by atoms with Gasteiger partial charge in [0.15, 0.2) is 6.23 Å². The maximum Gasteiger partial charge on any atom is 0.351 e. The quantitative estimate of drug-likeness (QED) is 0.658. The molecule has 0 unspecified atom stereocenters. The Morgan fingerprint density at radius 1 is 1.45 bits per heavy atom. The molecule has 1 saturated heterocycles. The smallest absolute Gasteiger partial charge is 0.351 e. The molecule has 2 rings (SSSR count). The number of hydrogen-bond acceptors (Lipinski definition) is 6. The van der Waals surface area contributed by atoms with Gasteiger partial charge in [-0.15, -0.1) is 13.2 Å².